The van der Waals surface area contributed by atoms with Crippen molar-refractivity contribution in [1.82, 2.24) is 9.88 Å². The molecule has 4 aromatic rings. The Morgan fingerprint density at radius 2 is 1.78 bits per heavy atom. The van der Waals surface area contributed by atoms with Crippen LogP contribution in [0.5, 0.6) is 23.0 Å². The molecule has 0 spiro atoms. The van der Waals surface area contributed by atoms with Gasteiger partial charge in [-0.3, -0.25) is 19.9 Å². The van der Waals surface area contributed by atoms with Crippen LogP contribution in [0, 0.1) is 34.8 Å². The molecule has 0 bridgehead atoms. The summed E-state index contributed by atoms with van der Waals surface area (Å²) in [6.07, 6.45) is 11.7. The summed E-state index contributed by atoms with van der Waals surface area (Å²) in [6.45, 7) is 8.86. The van der Waals surface area contributed by atoms with Crippen LogP contribution in [0.25, 0.3) is 6.08 Å². The van der Waals surface area contributed by atoms with Gasteiger partial charge in [-0.15, -0.1) is 6.58 Å². The number of ether oxygens (including phenoxy) is 5. The summed E-state index contributed by atoms with van der Waals surface area (Å²) >= 11 is 0. The van der Waals surface area contributed by atoms with Gasteiger partial charge in [-0.05, 0) is 129 Å². The van der Waals surface area contributed by atoms with E-state index in [1.165, 1.54) is 18.2 Å². The van der Waals surface area contributed by atoms with Gasteiger partial charge in [0.15, 0.2) is 11.5 Å². The predicted molar refractivity (Wildman–Crippen MR) is 255 cm³/mol. The number of carbonyl (C=O) groups excluding carboxylic acids is 1. The molecular weight excluding hydrogens is 869 g/mol. The number of aromatic nitrogens is 1. The standard InChI is InChI=1S/C53H60N4O11/c1-4-27-66-53-49(56(32-37-17-22-47-48(28-37)65-34-64-47)50(60)24-18-36-15-19-40(20-16-36)57(61)62)31-45(55-67-5-2)43-29-38(12-6-8-25-58)42(14-7-9-26-59)51(52(43)53)44-30-41(21-23-46(44)68-53)63-33-39-13-10-11-35(3)54-39/h4,10-11,13,15-24,28-30,38,42,49,51-52,58-59H,1,5-9,12,14,25-27,31-34H2,2-3H3. The maximum atomic E-state index is 15.2. The number of non-ortho nitro benzene ring substituents is 1. The number of allylic oxidation sites excluding steroid dienone is 1. The molecule has 1 aromatic heterocycles. The van der Waals surface area contributed by atoms with Crippen molar-refractivity contribution in [3.63, 3.8) is 0 Å². The number of aryl methyl sites for hydroxylation is 1. The Morgan fingerprint density at radius 3 is 2.53 bits per heavy atom. The second-order valence-corrected chi connectivity index (χ2v) is 17.6. The second kappa shape index (κ2) is 22.0. The topological polar surface area (TPSA) is 185 Å². The molecule has 1 saturated carbocycles. The number of aliphatic hydroxyl groups is 2. The maximum absolute atomic E-state index is 15.2. The van der Waals surface area contributed by atoms with Gasteiger partial charge in [0.2, 0.25) is 18.5 Å². The van der Waals surface area contributed by atoms with Crippen LogP contribution in [0.1, 0.15) is 85.9 Å². The fourth-order valence-electron chi connectivity index (χ4n) is 10.3. The van der Waals surface area contributed by atoms with E-state index >= 15 is 4.79 Å². The molecule has 2 N–H and O–H groups in total. The van der Waals surface area contributed by atoms with Crippen molar-refractivity contribution < 1.29 is 48.5 Å². The molecule has 0 saturated heterocycles. The van der Waals surface area contributed by atoms with Crippen LogP contribution >= 0.6 is 0 Å². The molecule has 2 aliphatic heterocycles. The van der Waals surface area contributed by atoms with E-state index < -0.39 is 22.7 Å². The average Bonchev–Trinajstić information content (AvgIpc) is 3.82. The number of fused-ring (bicyclic) bond motifs is 3. The van der Waals surface area contributed by atoms with Crippen molar-refractivity contribution in [2.45, 2.75) is 89.7 Å². The molecular formula is C53H60N4O11. The van der Waals surface area contributed by atoms with Crippen molar-refractivity contribution in [3.05, 3.63) is 147 Å². The number of nitrogens with zero attached hydrogens (tertiary/aromatic N) is 4. The lowest BCUT2D eigenvalue weighted by Crippen LogP contribution is -2.70. The number of carbonyl (C=O) groups is 1. The van der Waals surface area contributed by atoms with E-state index in [9.17, 15) is 20.3 Å². The fraction of sp³-hybridized carbons (Fsp3) is 0.415. The zero-order valence-corrected chi connectivity index (χ0v) is 38.7. The monoisotopic (exact) mass is 928 g/mol. The number of hydrogen-bond donors (Lipinski definition) is 2. The third-order valence-corrected chi connectivity index (χ3v) is 13.3. The van der Waals surface area contributed by atoms with Crippen LogP contribution in [-0.2, 0) is 27.5 Å². The number of nitro groups is 1. The summed E-state index contributed by atoms with van der Waals surface area (Å²) in [6, 6.07) is 22.5. The first-order valence-corrected chi connectivity index (χ1v) is 23.5. The SMILES string of the molecule is C=CCOC12Oc3ccc(OCc4cccc(C)n4)cc3C3C(CCCCO)C(CCCCO)C=C(C(=NOCC)CC1N(Cc1ccc4c(c1)OCO4)C(=O)C=Cc1ccc([N+](=O)[O-])cc1)C32. The number of pyridine rings is 1. The number of amides is 1. The molecule has 1 fully saturated rings. The lowest BCUT2D eigenvalue weighted by atomic mass is 9.55. The molecule has 6 atom stereocenters. The smallest absolute Gasteiger partial charge is 0.269 e. The van der Waals surface area contributed by atoms with Gasteiger partial charge in [-0.25, -0.2) is 0 Å². The molecule has 2 aliphatic carbocycles. The highest BCUT2D eigenvalue weighted by Crippen LogP contribution is 2.62. The lowest BCUT2D eigenvalue weighted by molar-refractivity contribution is -0.384. The highest BCUT2D eigenvalue weighted by Gasteiger charge is 2.65. The molecule has 8 rings (SSSR count). The summed E-state index contributed by atoms with van der Waals surface area (Å²) in [4.78, 5) is 38.5. The van der Waals surface area contributed by atoms with Crippen molar-refractivity contribution in [2.75, 3.05) is 33.2 Å². The van der Waals surface area contributed by atoms with Crippen LogP contribution in [0.2, 0.25) is 0 Å². The first-order valence-electron chi connectivity index (χ1n) is 23.5. The third-order valence-electron chi connectivity index (χ3n) is 13.3. The normalized spacial score (nSPS) is 22.7. The highest BCUT2D eigenvalue weighted by atomic mass is 16.7. The summed E-state index contributed by atoms with van der Waals surface area (Å²) in [5, 5.41) is 36.3. The molecule has 3 heterocycles. The zero-order chi connectivity index (χ0) is 47.6. The van der Waals surface area contributed by atoms with E-state index in [0.717, 1.165) is 53.8 Å². The molecule has 15 nitrogen and oxygen atoms in total. The Hall–Kier alpha value is -6.55. The molecule has 1 amide bonds. The zero-order valence-electron chi connectivity index (χ0n) is 38.7. The van der Waals surface area contributed by atoms with Crippen LogP contribution < -0.4 is 18.9 Å². The molecule has 0 radical (unpaired) electrons. The van der Waals surface area contributed by atoms with Crippen molar-refractivity contribution in [2.24, 2.45) is 22.9 Å². The number of hydrogen-bond acceptors (Lipinski definition) is 13. The predicted octanol–water partition coefficient (Wildman–Crippen LogP) is 9.00. The molecule has 15 heteroatoms. The van der Waals surface area contributed by atoms with Crippen molar-refractivity contribution in [3.8, 4) is 23.0 Å². The minimum atomic E-state index is -1.52. The van der Waals surface area contributed by atoms with Gasteiger partial charge in [-0.1, -0.05) is 42.3 Å². The third kappa shape index (κ3) is 10.4. The fourth-order valence-corrected chi connectivity index (χ4v) is 10.3. The average molecular weight is 929 g/mol. The number of benzene rings is 3. The Balaban J connectivity index is 1.31. The maximum Gasteiger partial charge on any atom is 0.269 e. The molecule has 6 unspecified atom stereocenters. The summed E-state index contributed by atoms with van der Waals surface area (Å²) in [7, 11) is 0. The summed E-state index contributed by atoms with van der Waals surface area (Å²) in [5.41, 5.74) is 5.50. The number of unbranched alkanes of at least 4 members (excludes halogenated alkanes) is 2. The summed E-state index contributed by atoms with van der Waals surface area (Å²) < 4.78 is 32.5. The largest absolute Gasteiger partial charge is 0.487 e. The van der Waals surface area contributed by atoms with E-state index in [1.807, 2.05) is 62.4 Å². The summed E-state index contributed by atoms with van der Waals surface area (Å²) in [5.74, 6) is -0.257. The van der Waals surface area contributed by atoms with E-state index in [0.29, 0.717) is 53.7 Å². The Labute approximate surface area is 396 Å². The van der Waals surface area contributed by atoms with Gasteiger partial charge >= 0.3 is 0 Å². The minimum absolute atomic E-state index is 0.00387. The van der Waals surface area contributed by atoms with Crippen LogP contribution in [-0.4, -0.2) is 81.7 Å². The van der Waals surface area contributed by atoms with E-state index in [4.69, 9.17) is 33.7 Å². The van der Waals surface area contributed by atoms with Crippen LogP contribution in [0.3, 0.4) is 0 Å². The minimum Gasteiger partial charge on any atom is -0.487 e. The molecule has 3 aromatic carbocycles. The first kappa shape index (κ1) is 47.9. The van der Waals surface area contributed by atoms with Crippen LogP contribution in [0.15, 0.2) is 114 Å². The van der Waals surface area contributed by atoms with E-state index in [2.05, 4.69) is 23.7 Å². The first-order chi connectivity index (χ1) is 33.2. The van der Waals surface area contributed by atoms with Crippen molar-refractivity contribution in [1.29, 1.82) is 0 Å². The number of rotatable bonds is 22. The Bertz CT molecular complexity index is 2530. The van der Waals surface area contributed by atoms with Gasteiger partial charge < -0.3 is 43.6 Å². The van der Waals surface area contributed by atoms with Gasteiger partial charge in [0.25, 0.3) is 5.69 Å². The second-order valence-electron chi connectivity index (χ2n) is 17.6. The Morgan fingerprint density at radius 1 is 1.00 bits per heavy atom. The highest BCUT2D eigenvalue weighted by molar-refractivity contribution is 6.03. The van der Waals surface area contributed by atoms with Gasteiger partial charge in [-0.2, -0.15) is 0 Å². The Kier molecular flexibility index (Phi) is 15.5. The van der Waals surface area contributed by atoms with E-state index in [1.54, 1.807) is 29.2 Å². The molecule has 4 aliphatic rings. The van der Waals surface area contributed by atoms with Crippen LogP contribution in [0.4, 0.5) is 5.69 Å². The molecule has 358 valence electrons. The number of nitro benzene ring substituents is 1. The quantitative estimate of drug-likeness (QED) is 0.0251. The van der Waals surface area contributed by atoms with Gasteiger partial charge in [0.1, 0.15) is 30.8 Å². The number of aliphatic hydroxyl groups excluding tert-OH is 2. The number of oxime groups is 1. The molecule has 68 heavy (non-hydrogen) atoms. The van der Waals surface area contributed by atoms with Crippen molar-refractivity contribution >= 4 is 23.4 Å². The van der Waals surface area contributed by atoms with Gasteiger partial charge in [0.05, 0.1) is 28.9 Å². The van der Waals surface area contributed by atoms with E-state index in [-0.39, 0.29) is 75.5 Å². The van der Waals surface area contributed by atoms with Gasteiger partial charge in [0, 0.05) is 61.6 Å². The lowest BCUT2D eigenvalue weighted by Gasteiger charge is -2.60.